The highest BCUT2D eigenvalue weighted by Gasteiger charge is 2.37. The first-order chi connectivity index (χ1) is 12.1. The third kappa shape index (κ3) is 5.60. The number of aliphatic carboxylic acids is 1. The summed E-state index contributed by atoms with van der Waals surface area (Å²) < 4.78 is 0. The molecule has 4 atom stereocenters. The number of rotatable bonds is 8. The minimum Gasteiger partial charge on any atom is -0.480 e. The van der Waals surface area contributed by atoms with Crippen LogP contribution in [-0.2, 0) is 19.2 Å². The van der Waals surface area contributed by atoms with Crippen molar-refractivity contribution in [3.63, 3.8) is 0 Å². The number of carboxylic acid groups (broad SMARTS) is 1. The summed E-state index contributed by atoms with van der Waals surface area (Å²) in [6, 6.07) is -3.47. The molecule has 0 bridgehead atoms. The molecule has 1 aliphatic rings. The van der Waals surface area contributed by atoms with Gasteiger partial charge in [0, 0.05) is 12.3 Å². The fraction of sp³-hybridized carbons (Fsp3) is 0.750. The number of likely N-dealkylation sites (tertiary alicyclic amines) is 1. The van der Waals surface area contributed by atoms with Gasteiger partial charge >= 0.3 is 5.97 Å². The van der Waals surface area contributed by atoms with E-state index < -0.39 is 42.0 Å². The van der Waals surface area contributed by atoms with Crippen molar-refractivity contribution in [1.82, 2.24) is 15.5 Å². The van der Waals surface area contributed by atoms with E-state index in [4.69, 9.17) is 5.73 Å². The maximum Gasteiger partial charge on any atom is 0.326 e. The fourth-order valence-corrected chi connectivity index (χ4v) is 3.05. The van der Waals surface area contributed by atoms with Crippen molar-refractivity contribution >= 4 is 36.3 Å². The number of hydrogen-bond acceptors (Lipinski definition) is 6. The molecule has 26 heavy (non-hydrogen) atoms. The topological polar surface area (TPSA) is 142 Å². The zero-order chi connectivity index (χ0) is 20.0. The van der Waals surface area contributed by atoms with Gasteiger partial charge in [0.25, 0.3) is 0 Å². The summed E-state index contributed by atoms with van der Waals surface area (Å²) in [6.07, 6.45) is 1.15. The van der Waals surface area contributed by atoms with Gasteiger partial charge < -0.3 is 26.4 Å². The Morgan fingerprint density at radius 3 is 2.31 bits per heavy atom. The molecule has 148 valence electrons. The van der Waals surface area contributed by atoms with Crippen molar-refractivity contribution in [1.29, 1.82) is 0 Å². The van der Waals surface area contributed by atoms with Gasteiger partial charge in [0.05, 0.1) is 6.04 Å². The molecular formula is C16H28N4O5S. The highest BCUT2D eigenvalue weighted by molar-refractivity contribution is 7.80. The Morgan fingerprint density at radius 2 is 1.85 bits per heavy atom. The Balaban J connectivity index is 2.77. The van der Waals surface area contributed by atoms with Gasteiger partial charge in [-0.05, 0) is 25.7 Å². The van der Waals surface area contributed by atoms with Gasteiger partial charge in [-0.25, -0.2) is 4.79 Å². The molecular weight excluding hydrogens is 360 g/mol. The largest absolute Gasteiger partial charge is 0.480 e. The zero-order valence-corrected chi connectivity index (χ0v) is 16.2. The Morgan fingerprint density at radius 1 is 1.23 bits per heavy atom. The van der Waals surface area contributed by atoms with E-state index in [1.54, 1.807) is 20.8 Å². The Bertz CT molecular complexity index is 555. The van der Waals surface area contributed by atoms with Crippen LogP contribution in [0.3, 0.4) is 0 Å². The summed E-state index contributed by atoms with van der Waals surface area (Å²) in [5, 5.41) is 14.1. The van der Waals surface area contributed by atoms with Gasteiger partial charge in [0.1, 0.15) is 18.1 Å². The Labute approximate surface area is 158 Å². The predicted octanol–water partition coefficient (Wildman–Crippen LogP) is -1.04. The van der Waals surface area contributed by atoms with Crippen LogP contribution in [-0.4, -0.2) is 70.2 Å². The van der Waals surface area contributed by atoms with E-state index in [1.807, 2.05) is 0 Å². The molecule has 3 amide bonds. The molecule has 1 fully saturated rings. The molecule has 0 spiro atoms. The smallest absolute Gasteiger partial charge is 0.326 e. The number of hydrogen-bond donors (Lipinski definition) is 5. The predicted molar refractivity (Wildman–Crippen MR) is 98.6 cm³/mol. The average molecular weight is 388 g/mol. The molecule has 0 aromatic rings. The third-order valence-electron chi connectivity index (χ3n) is 4.27. The summed E-state index contributed by atoms with van der Waals surface area (Å²) in [5.74, 6) is -2.89. The van der Waals surface area contributed by atoms with Crippen LogP contribution in [0, 0.1) is 5.92 Å². The summed E-state index contributed by atoms with van der Waals surface area (Å²) in [5.41, 5.74) is 5.61. The molecule has 1 heterocycles. The van der Waals surface area contributed by atoms with Crippen LogP contribution in [0.1, 0.15) is 33.6 Å². The molecule has 0 aliphatic carbocycles. The van der Waals surface area contributed by atoms with Crippen molar-refractivity contribution in [2.45, 2.75) is 57.8 Å². The second kappa shape index (κ2) is 9.77. The van der Waals surface area contributed by atoms with Crippen molar-refractivity contribution in [2.24, 2.45) is 11.7 Å². The maximum atomic E-state index is 12.5. The monoisotopic (exact) mass is 388 g/mol. The van der Waals surface area contributed by atoms with E-state index in [0.29, 0.717) is 19.4 Å². The first-order valence-electron chi connectivity index (χ1n) is 8.60. The number of amides is 3. The summed E-state index contributed by atoms with van der Waals surface area (Å²) >= 11 is 4.07. The second-order valence-electron chi connectivity index (χ2n) is 6.79. The lowest BCUT2D eigenvalue weighted by atomic mass is 10.0. The van der Waals surface area contributed by atoms with Gasteiger partial charge in [0.2, 0.25) is 17.7 Å². The third-order valence-corrected chi connectivity index (χ3v) is 4.64. The molecule has 4 unspecified atom stereocenters. The van der Waals surface area contributed by atoms with Crippen molar-refractivity contribution in [3.05, 3.63) is 0 Å². The van der Waals surface area contributed by atoms with Gasteiger partial charge in [-0.15, -0.1) is 0 Å². The van der Waals surface area contributed by atoms with Crippen LogP contribution in [0.2, 0.25) is 0 Å². The number of thiol groups is 1. The number of nitrogens with zero attached hydrogens (tertiary/aromatic N) is 1. The number of carboxylic acids is 1. The molecule has 0 radical (unpaired) electrons. The van der Waals surface area contributed by atoms with Crippen LogP contribution >= 0.6 is 12.6 Å². The highest BCUT2D eigenvalue weighted by atomic mass is 32.1. The molecule has 1 aliphatic heterocycles. The maximum absolute atomic E-state index is 12.5. The van der Waals surface area contributed by atoms with Crippen LogP contribution < -0.4 is 16.4 Å². The van der Waals surface area contributed by atoms with Crippen molar-refractivity contribution < 1.29 is 24.3 Å². The van der Waals surface area contributed by atoms with Gasteiger partial charge in [0.15, 0.2) is 0 Å². The number of nitrogens with one attached hydrogen (secondary N) is 2. The van der Waals surface area contributed by atoms with E-state index >= 15 is 0 Å². The normalized spacial score (nSPS) is 20.4. The van der Waals surface area contributed by atoms with Gasteiger partial charge in [-0.1, -0.05) is 13.8 Å². The first kappa shape index (κ1) is 22.2. The molecule has 9 nitrogen and oxygen atoms in total. The van der Waals surface area contributed by atoms with Crippen LogP contribution in [0.25, 0.3) is 0 Å². The zero-order valence-electron chi connectivity index (χ0n) is 15.3. The van der Waals surface area contributed by atoms with E-state index in [9.17, 15) is 24.3 Å². The van der Waals surface area contributed by atoms with Gasteiger partial charge in [-0.2, -0.15) is 12.6 Å². The summed E-state index contributed by atoms with van der Waals surface area (Å²) in [7, 11) is 0. The number of carbonyl (C=O) groups is 4. The summed E-state index contributed by atoms with van der Waals surface area (Å²) in [4.78, 5) is 49.6. The number of carbonyl (C=O) groups excluding carboxylic acids is 3. The van der Waals surface area contributed by atoms with Crippen LogP contribution in [0.5, 0.6) is 0 Å². The molecule has 5 N–H and O–H groups in total. The molecule has 0 aromatic heterocycles. The van der Waals surface area contributed by atoms with Gasteiger partial charge in [-0.3, -0.25) is 14.4 Å². The Kier molecular flexibility index (Phi) is 8.35. The lowest BCUT2D eigenvalue weighted by Gasteiger charge is -2.27. The minimum atomic E-state index is -1.15. The van der Waals surface area contributed by atoms with Crippen LogP contribution in [0.15, 0.2) is 0 Å². The van der Waals surface area contributed by atoms with Crippen molar-refractivity contribution in [2.75, 3.05) is 12.3 Å². The van der Waals surface area contributed by atoms with Crippen molar-refractivity contribution in [3.8, 4) is 0 Å². The first-order valence-corrected chi connectivity index (χ1v) is 9.23. The van der Waals surface area contributed by atoms with E-state index in [2.05, 4.69) is 23.3 Å². The average Bonchev–Trinajstić information content (AvgIpc) is 3.05. The Hall–Kier alpha value is -1.81. The lowest BCUT2D eigenvalue weighted by molar-refractivity contribution is -0.144. The fourth-order valence-electron chi connectivity index (χ4n) is 2.79. The van der Waals surface area contributed by atoms with E-state index in [-0.39, 0.29) is 17.6 Å². The second-order valence-corrected chi connectivity index (χ2v) is 7.16. The van der Waals surface area contributed by atoms with Crippen LogP contribution in [0.4, 0.5) is 0 Å². The summed E-state index contributed by atoms with van der Waals surface area (Å²) in [6.45, 7) is 5.33. The molecule has 1 saturated heterocycles. The standard InChI is InChI=1S/C16H28N4O5S/c1-8(2)12(16(24)25)19-13(21)10(7-26)18-14(22)11-5-4-6-20(11)15(23)9(3)17/h8-12,26H,4-7,17H2,1-3H3,(H,18,22)(H,19,21)(H,24,25). The van der Waals surface area contributed by atoms with E-state index in [1.165, 1.54) is 4.90 Å². The molecule has 1 rings (SSSR count). The number of nitrogens with two attached hydrogens (primary N) is 1. The lowest BCUT2D eigenvalue weighted by Crippen LogP contribution is -2.57. The quantitative estimate of drug-likeness (QED) is 0.336. The van der Waals surface area contributed by atoms with E-state index in [0.717, 1.165) is 0 Å². The molecule has 10 heteroatoms. The SMILES string of the molecule is CC(N)C(=O)N1CCCC1C(=O)NC(CS)C(=O)NC(C(=O)O)C(C)C. The highest BCUT2D eigenvalue weighted by Crippen LogP contribution is 2.18. The molecule has 0 saturated carbocycles. The minimum absolute atomic E-state index is 0.00400. The molecule has 0 aromatic carbocycles.